The van der Waals surface area contributed by atoms with E-state index in [1.807, 2.05) is 24.8 Å². The molecule has 0 atom stereocenters. The normalized spacial score (nSPS) is 10.0. The van der Waals surface area contributed by atoms with Crippen molar-refractivity contribution in [2.45, 2.75) is 13.8 Å². The maximum atomic E-state index is 12.9. The first-order valence-electron chi connectivity index (χ1n) is 5.93. The SMILES string of the molecule is CCN(c1ccc(F)cc1)c1nc(C)cc(C#N)n1. The first-order valence-corrected chi connectivity index (χ1v) is 5.93. The van der Waals surface area contributed by atoms with Crippen LogP contribution in [-0.4, -0.2) is 16.5 Å². The lowest BCUT2D eigenvalue weighted by Crippen LogP contribution is -2.19. The molecule has 0 N–H and O–H groups in total. The van der Waals surface area contributed by atoms with E-state index in [1.54, 1.807) is 18.2 Å². The second-order valence-corrected chi connectivity index (χ2v) is 4.03. The second kappa shape index (κ2) is 5.44. The molecule has 1 aromatic heterocycles. The molecule has 0 aliphatic rings. The lowest BCUT2D eigenvalue weighted by atomic mass is 10.3. The molecule has 0 saturated carbocycles. The standard InChI is InChI=1S/C14H13FN4/c1-3-19(13-6-4-11(15)5-7-13)14-17-10(2)8-12(9-16)18-14/h4-8H,3H2,1-2H3. The van der Waals surface area contributed by atoms with E-state index < -0.39 is 0 Å². The van der Waals surface area contributed by atoms with E-state index in [9.17, 15) is 4.39 Å². The van der Waals surface area contributed by atoms with Crippen LogP contribution in [0.2, 0.25) is 0 Å². The van der Waals surface area contributed by atoms with E-state index in [0.29, 0.717) is 18.2 Å². The first kappa shape index (κ1) is 13.0. The Labute approximate surface area is 111 Å². The minimum absolute atomic E-state index is 0.289. The minimum Gasteiger partial charge on any atom is -0.311 e. The smallest absolute Gasteiger partial charge is 0.231 e. The maximum absolute atomic E-state index is 12.9. The molecule has 0 unspecified atom stereocenters. The van der Waals surface area contributed by atoms with Gasteiger partial charge in [-0.2, -0.15) is 5.26 Å². The van der Waals surface area contributed by atoms with E-state index >= 15 is 0 Å². The molecule has 1 aromatic carbocycles. The molecule has 0 saturated heterocycles. The molecule has 0 aliphatic carbocycles. The Kier molecular flexibility index (Phi) is 3.71. The highest BCUT2D eigenvalue weighted by Gasteiger charge is 2.12. The van der Waals surface area contributed by atoms with Gasteiger partial charge in [0.15, 0.2) is 0 Å². The largest absolute Gasteiger partial charge is 0.311 e. The van der Waals surface area contributed by atoms with Crippen molar-refractivity contribution in [3.8, 4) is 6.07 Å². The third kappa shape index (κ3) is 2.86. The lowest BCUT2D eigenvalue weighted by Gasteiger charge is -2.21. The van der Waals surface area contributed by atoms with Crippen molar-refractivity contribution in [1.82, 2.24) is 9.97 Å². The minimum atomic E-state index is -0.289. The number of hydrogen-bond acceptors (Lipinski definition) is 4. The zero-order chi connectivity index (χ0) is 13.8. The van der Waals surface area contributed by atoms with E-state index in [4.69, 9.17) is 5.26 Å². The average Bonchev–Trinajstić information content (AvgIpc) is 2.41. The number of rotatable bonds is 3. The maximum Gasteiger partial charge on any atom is 0.231 e. The van der Waals surface area contributed by atoms with Gasteiger partial charge in [-0.1, -0.05) is 0 Å². The zero-order valence-electron chi connectivity index (χ0n) is 10.8. The van der Waals surface area contributed by atoms with Gasteiger partial charge in [-0.05, 0) is 44.2 Å². The molecule has 0 aliphatic heterocycles. The molecule has 2 rings (SSSR count). The summed E-state index contributed by atoms with van der Waals surface area (Å²) < 4.78 is 12.9. The fraction of sp³-hybridized carbons (Fsp3) is 0.214. The van der Waals surface area contributed by atoms with Crippen LogP contribution in [0.3, 0.4) is 0 Å². The van der Waals surface area contributed by atoms with Crippen LogP contribution in [0.1, 0.15) is 18.3 Å². The second-order valence-electron chi connectivity index (χ2n) is 4.03. The summed E-state index contributed by atoms with van der Waals surface area (Å²) in [6.45, 7) is 4.38. The Balaban J connectivity index is 2.45. The molecule has 2 aromatic rings. The Morgan fingerprint density at radius 3 is 2.53 bits per heavy atom. The van der Waals surface area contributed by atoms with Crippen molar-refractivity contribution < 1.29 is 4.39 Å². The van der Waals surface area contributed by atoms with Gasteiger partial charge in [-0.25, -0.2) is 14.4 Å². The first-order chi connectivity index (χ1) is 9.13. The monoisotopic (exact) mass is 256 g/mol. The van der Waals surface area contributed by atoms with Crippen molar-refractivity contribution in [2.75, 3.05) is 11.4 Å². The highest BCUT2D eigenvalue weighted by Crippen LogP contribution is 2.22. The number of aromatic nitrogens is 2. The third-order valence-electron chi connectivity index (χ3n) is 2.65. The number of hydrogen-bond donors (Lipinski definition) is 0. The molecule has 1 heterocycles. The summed E-state index contributed by atoms with van der Waals surface area (Å²) in [6, 6.07) is 9.74. The third-order valence-corrected chi connectivity index (χ3v) is 2.65. The van der Waals surface area contributed by atoms with E-state index in [0.717, 1.165) is 11.4 Å². The number of nitriles is 1. The molecule has 0 radical (unpaired) electrons. The topological polar surface area (TPSA) is 52.8 Å². The number of halogens is 1. The van der Waals surface area contributed by atoms with Crippen LogP contribution in [0.5, 0.6) is 0 Å². The predicted octanol–water partition coefficient (Wildman–Crippen LogP) is 2.95. The van der Waals surface area contributed by atoms with Gasteiger partial charge in [0.2, 0.25) is 5.95 Å². The van der Waals surface area contributed by atoms with Crippen LogP contribution in [-0.2, 0) is 0 Å². The fourth-order valence-electron chi connectivity index (χ4n) is 1.79. The van der Waals surface area contributed by atoms with Crippen LogP contribution >= 0.6 is 0 Å². The van der Waals surface area contributed by atoms with E-state index in [1.165, 1.54) is 12.1 Å². The van der Waals surface area contributed by atoms with Crippen molar-refractivity contribution >= 4 is 11.6 Å². The van der Waals surface area contributed by atoms with Crippen molar-refractivity contribution in [3.05, 3.63) is 47.5 Å². The number of aryl methyl sites for hydroxylation is 1. The van der Waals surface area contributed by atoms with Gasteiger partial charge in [0.25, 0.3) is 0 Å². The number of nitrogens with zero attached hydrogens (tertiary/aromatic N) is 4. The molecule has 0 spiro atoms. The Morgan fingerprint density at radius 1 is 1.26 bits per heavy atom. The molecular formula is C14H13FN4. The van der Waals surface area contributed by atoms with Gasteiger partial charge < -0.3 is 4.90 Å². The average molecular weight is 256 g/mol. The van der Waals surface area contributed by atoms with Crippen molar-refractivity contribution in [1.29, 1.82) is 5.26 Å². The van der Waals surface area contributed by atoms with Crippen molar-refractivity contribution in [2.24, 2.45) is 0 Å². The molecule has 0 fully saturated rings. The molecule has 19 heavy (non-hydrogen) atoms. The Morgan fingerprint density at radius 2 is 1.95 bits per heavy atom. The van der Waals surface area contributed by atoms with Crippen molar-refractivity contribution in [3.63, 3.8) is 0 Å². The summed E-state index contributed by atoms with van der Waals surface area (Å²) in [5, 5.41) is 8.94. The molecular weight excluding hydrogens is 243 g/mol. The van der Waals surface area contributed by atoms with Gasteiger partial charge >= 0.3 is 0 Å². The van der Waals surface area contributed by atoms with E-state index in [-0.39, 0.29) is 5.82 Å². The van der Waals surface area contributed by atoms with Crippen LogP contribution in [0.25, 0.3) is 0 Å². The summed E-state index contributed by atoms with van der Waals surface area (Å²) in [5.74, 6) is 0.160. The van der Waals surface area contributed by atoms with Gasteiger partial charge in [-0.3, -0.25) is 0 Å². The van der Waals surface area contributed by atoms with Gasteiger partial charge in [0.1, 0.15) is 17.6 Å². The van der Waals surface area contributed by atoms with Crippen LogP contribution < -0.4 is 4.90 Å². The van der Waals surface area contributed by atoms with Crippen LogP contribution in [0, 0.1) is 24.1 Å². The zero-order valence-corrected chi connectivity index (χ0v) is 10.8. The predicted molar refractivity (Wildman–Crippen MR) is 70.6 cm³/mol. The van der Waals surface area contributed by atoms with E-state index in [2.05, 4.69) is 9.97 Å². The van der Waals surface area contributed by atoms with Gasteiger partial charge in [0, 0.05) is 17.9 Å². The summed E-state index contributed by atoms with van der Waals surface area (Å²) in [6.07, 6.45) is 0. The summed E-state index contributed by atoms with van der Waals surface area (Å²) in [5.41, 5.74) is 1.84. The summed E-state index contributed by atoms with van der Waals surface area (Å²) in [4.78, 5) is 10.3. The highest BCUT2D eigenvalue weighted by molar-refractivity contribution is 5.57. The molecule has 96 valence electrons. The summed E-state index contributed by atoms with van der Waals surface area (Å²) in [7, 11) is 0. The van der Waals surface area contributed by atoms with Crippen LogP contribution in [0.15, 0.2) is 30.3 Å². The Hall–Kier alpha value is -2.48. The molecule has 0 amide bonds. The molecule has 4 nitrogen and oxygen atoms in total. The van der Waals surface area contributed by atoms with Gasteiger partial charge in [-0.15, -0.1) is 0 Å². The van der Waals surface area contributed by atoms with Gasteiger partial charge in [0.05, 0.1) is 0 Å². The molecule has 5 heteroatoms. The highest BCUT2D eigenvalue weighted by atomic mass is 19.1. The quantitative estimate of drug-likeness (QED) is 0.847. The lowest BCUT2D eigenvalue weighted by molar-refractivity contribution is 0.627. The summed E-state index contributed by atoms with van der Waals surface area (Å²) >= 11 is 0. The number of benzene rings is 1. The van der Waals surface area contributed by atoms with Crippen LogP contribution in [0.4, 0.5) is 16.0 Å². The molecule has 0 bridgehead atoms. The number of anilines is 2. The fourth-order valence-corrected chi connectivity index (χ4v) is 1.79. The Bertz CT molecular complexity index is 616.